The van der Waals surface area contributed by atoms with Gasteiger partial charge in [0.2, 0.25) is 5.95 Å². The van der Waals surface area contributed by atoms with Crippen molar-refractivity contribution in [1.82, 2.24) is 19.9 Å². The van der Waals surface area contributed by atoms with Crippen LogP contribution in [0.4, 0.5) is 5.95 Å². The van der Waals surface area contributed by atoms with E-state index >= 15 is 0 Å². The maximum atomic E-state index is 12.5. The van der Waals surface area contributed by atoms with Crippen molar-refractivity contribution in [1.29, 1.82) is 0 Å². The highest BCUT2D eigenvalue weighted by molar-refractivity contribution is 5.92. The summed E-state index contributed by atoms with van der Waals surface area (Å²) in [4.78, 5) is 29.7. The van der Waals surface area contributed by atoms with Crippen LogP contribution in [0, 0.1) is 18.8 Å². The molecule has 0 bridgehead atoms. The molecule has 0 spiro atoms. The second-order valence-electron chi connectivity index (χ2n) is 6.35. The predicted octanol–water partition coefficient (Wildman–Crippen LogP) is 1.39. The Morgan fingerprint density at radius 3 is 2.48 bits per heavy atom. The number of nitrogens with zero attached hydrogens (tertiary/aromatic N) is 5. The van der Waals surface area contributed by atoms with Gasteiger partial charge in [0, 0.05) is 56.1 Å². The number of aryl methyl sites for hydroxylation is 1. The summed E-state index contributed by atoms with van der Waals surface area (Å²) >= 11 is 0. The summed E-state index contributed by atoms with van der Waals surface area (Å²) in [5.41, 5.74) is 1.52. The molecular weight excluding hydrogens is 290 g/mol. The molecule has 2 saturated heterocycles. The molecule has 0 radical (unpaired) electrons. The summed E-state index contributed by atoms with van der Waals surface area (Å²) in [7, 11) is 0. The van der Waals surface area contributed by atoms with Crippen LogP contribution in [-0.2, 0) is 0 Å². The number of hydrogen-bond acceptors (Lipinski definition) is 5. The summed E-state index contributed by atoms with van der Waals surface area (Å²) < 4.78 is 0. The van der Waals surface area contributed by atoms with E-state index in [4.69, 9.17) is 0 Å². The quantitative estimate of drug-likeness (QED) is 0.839. The molecule has 6 heteroatoms. The minimum Gasteiger partial charge on any atom is -0.340 e. The van der Waals surface area contributed by atoms with Crippen molar-refractivity contribution < 1.29 is 4.79 Å². The smallest absolute Gasteiger partial charge is 0.272 e. The SMILES string of the molecule is Cc1ccnc(N2CC3CN(C(=O)c4ccccn4)CC3C2)n1. The van der Waals surface area contributed by atoms with Crippen molar-refractivity contribution in [3.63, 3.8) is 0 Å². The first-order chi connectivity index (χ1) is 11.2. The van der Waals surface area contributed by atoms with Gasteiger partial charge in [-0.15, -0.1) is 0 Å². The van der Waals surface area contributed by atoms with Gasteiger partial charge in [-0.1, -0.05) is 6.07 Å². The van der Waals surface area contributed by atoms with Gasteiger partial charge in [-0.05, 0) is 25.1 Å². The first-order valence-corrected chi connectivity index (χ1v) is 7.95. The first-order valence-electron chi connectivity index (χ1n) is 7.95. The Labute approximate surface area is 135 Å². The zero-order valence-corrected chi connectivity index (χ0v) is 13.1. The van der Waals surface area contributed by atoms with Crippen LogP contribution < -0.4 is 4.90 Å². The molecular formula is C17H19N5O. The maximum absolute atomic E-state index is 12.5. The molecule has 0 aromatic carbocycles. The Balaban J connectivity index is 1.43. The Bertz CT molecular complexity index is 706. The monoisotopic (exact) mass is 309 g/mol. The molecule has 0 N–H and O–H groups in total. The fraction of sp³-hybridized carbons (Fsp3) is 0.412. The lowest BCUT2D eigenvalue weighted by Gasteiger charge is -2.21. The zero-order valence-electron chi connectivity index (χ0n) is 13.1. The van der Waals surface area contributed by atoms with Gasteiger partial charge in [-0.25, -0.2) is 9.97 Å². The van der Waals surface area contributed by atoms with Gasteiger partial charge in [0.1, 0.15) is 5.69 Å². The third kappa shape index (κ3) is 2.65. The van der Waals surface area contributed by atoms with E-state index in [1.807, 2.05) is 36.2 Å². The molecule has 1 amide bonds. The number of likely N-dealkylation sites (tertiary alicyclic amines) is 1. The fourth-order valence-electron chi connectivity index (χ4n) is 3.56. The lowest BCUT2D eigenvalue weighted by atomic mass is 10.0. The molecule has 4 heterocycles. The summed E-state index contributed by atoms with van der Waals surface area (Å²) in [6.45, 7) is 5.40. The van der Waals surface area contributed by atoms with Gasteiger partial charge in [0.15, 0.2) is 0 Å². The van der Waals surface area contributed by atoms with Crippen LogP contribution in [0.15, 0.2) is 36.7 Å². The van der Waals surface area contributed by atoms with E-state index in [-0.39, 0.29) is 5.91 Å². The molecule has 2 atom stereocenters. The van der Waals surface area contributed by atoms with E-state index < -0.39 is 0 Å². The van der Waals surface area contributed by atoms with E-state index in [1.54, 1.807) is 12.3 Å². The van der Waals surface area contributed by atoms with Crippen molar-refractivity contribution in [3.05, 3.63) is 48.0 Å². The molecule has 23 heavy (non-hydrogen) atoms. The number of anilines is 1. The number of pyridine rings is 1. The van der Waals surface area contributed by atoms with Gasteiger partial charge < -0.3 is 9.80 Å². The number of hydrogen-bond donors (Lipinski definition) is 0. The van der Waals surface area contributed by atoms with E-state index in [0.29, 0.717) is 17.5 Å². The highest BCUT2D eigenvalue weighted by atomic mass is 16.2. The second-order valence-corrected chi connectivity index (χ2v) is 6.35. The van der Waals surface area contributed by atoms with Gasteiger partial charge in [0.05, 0.1) is 0 Å². The van der Waals surface area contributed by atoms with E-state index in [0.717, 1.165) is 37.8 Å². The van der Waals surface area contributed by atoms with Crippen molar-refractivity contribution >= 4 is 11.9 Å². The van der Waals surface area contributed by atoms with E-state index in [9.17, 15) is 4.79 Å². The van der Waals surface area contributed by atoms with Gasteiger partial charge in [-0.2, -0.15) is 0 Å². The minimum absolute atomic E-state index is 0.0401. The molecule has 2 aromatic rings. The van der Waals surface area contributed by atoms with Crippen molar-refractivity contribution in [3.8, 4) is 0 Å². The molecule has 2 aromatic heterocycles. The highest BCUT2D eigenvalue weighted by Gasteiger charge is 2.42. The summed E-state index contributed by atoms with van der Waals surface area (Å²) in [6, 6.07) is 7.38. The van der Waals surface area contributed by atoms with Crippen molar-refractivity contribution in [2.24, 2.45) is 11.8 Å². The second kappa shape index (κ2) is 5.61. The largest absolute Gasteiger partial charge is 0.340 e. The minimum atomic E-state index is 0.0401. The van der Waals surface area contributed by atoms with Crippen molar-refractivity contribution in [2.75, 3.05) is 31.1 Å². The highest BCUT2D eigenvalue weighted by Crippen LogP contribution is 2.33. The van der Waals surface area contributed by atoms with Gasteiger partial charge >= 0.3 is 0 Å². The molecule has 0 saturated carbocycles. The predicted molar refractivity (Wildman–Crippen MR) is 86.1 cm³/mol. The molecule has 2 fully saturated rings. The van der Waals surface area contributed by atoms with Crippen LogP contribution in [0.2, 0.25) is 0 Å². The number of aromatic nitrogens is 3. The number of carbonyl (C=O) groups is 1. The Hall–Kier alpha value is -2.50. The number of amides is 1. The summed E-state index contributed by atoms with van der Waals surface area (Å²) in [5.74, 6) is 1.83. The molecule has 2 aliphatic rings. The average molecular weight is 309 g/mol. The Morgan fingerprint density at radius 1 is 1.04 bits per heavy atom. The zero-order chi connectivity index (χ0) is 15.8. The summed E-state index contributed by atoms with van der Waals surface area (Å²) in [5, 5.41) is 0. The average Bonchev–Trinajstić information content (AvgIpc) is 3.14. The number of rotatable bonds is 2. The van der Waals surface area contributed by atoms with E-state index in [1.165, 1.54) is 0 Å². The lowest BCUT2D eigenvalue weighted by molar-refractivity contribution is 0.0777. The van der Waals surface area contributed by atoms with Crippen LogP contribution in [0.1, 0.15) is 16.2 Å². The van der Waals surface area contributed by atoms with Crippen LogP contribution in [0.25, 0.3) is 0 Å². The maximum Gasteiger partial charge on any atom is 0.272 e. The lowest BCUT2D eigenvalue weighted by Crippen LogP contribution is -2.34. The third-order valence-electron chi connectivity index (χ3n) is 4.72. The van der Waals surface area contributed by atoms with Crippen LogP contribution >= 0.6 is 0 Å². The standard InChI is InChI=1S/C17H19N5O/c1-12-5-7-19-17(20-12)22-10-13-8-21(9-14(13)11-22)16(23)15-4-2-3-6-18-15/h2-7,13-14H,8-11H2,1H3. The van der Waals surface area contributed by atoms with Crippen LogP contribution in [-0.4, -0.2) is 51.9 Å². The Morgan fingerprint density at radius 2 is 1.83 bits per heavy atom. The Kier molecular flexibility index (Phi) is 3.44. The molecule has 118 valence electrons. The molecule has 4 rings (SSSR count). The van der Waals surface area contributed by atoms with E-state index in [2.05, 4.69) is 19.9 Å². The van der Waals surface area contributed by atoms with Crippen molar-refractivity contribution in [2.45, 2.75) is 6.92 Å². The molecule has 2 unspecified atom stereocenters. The first kappa shape index (κ1) is 14.1. The normalized spacial score (nSPS) is 23.2. The number of fused-ring (bicyclic) bond motifs is 1. The summed E-state index contributed by atoms with van der Waals surface area (Å²) in [6.07, 6.45) is 3.48. The number of carbonyl (C=O) groups excluding carboxylic acids is 1. The van der Waals surface area contributed by atoms with Gasteiger partial charge in [-0.3, -0.25) is 9.78 Å². The molecule has 2 aliphatic heterocycles. The molecule has 0 aliphatic carbocycles. The fourth-order valence-corrected chi connectivity index (χ4v) is 3.56. The third-order valence-corrected chi connectivity index (χ3v) is 4.72. The topological polar surface area (TPSA) is 62.2 Å². The van der Waals surface area contributed by atoms with Crippen LogP contribution in [0.5, 0.6) is 0 Å². The molecule has 6 nitrogen and oxygen atoms in total. The van der Waals surface area contributed by atoms with Crippen LogP contribution in [0.3, 0.4) is 0 Å². The van der Waals surface area contributed by atoms with Gasteiger partial charge in [0.25, 0.3) is 5.91 Å².